The number of nitrogens with zero attached hydrogens (tertiary/aromatic N) is 2. The molecule has 3 aliphatic rings. The van der Waals surface area contributed by atoms with Gasteiger partial charge in [-0.25, -0.2) is 0 Å². The molecule has 2 fully saturated rings. The van der Waals surface area contributed by atoms with Crippen molar-refractivity contribution in [1.82, 2.24) is 9.80 Å². The van der Waals surface area contributed by atoms with E-state index in [1.165, 1.54) is 38.8 Å². The van der Waals surface area contributed by atoms with Crippen LogP contribution in [0.5, 0.6) is 0 Å². The minimum Gasteiger partial charge on any atom is -0.376 e. The zero-order chi connectivity index (χ0) is 20.1. The number of piperidine rings is 1. The number of hydrogen-bond donors (Lipinski definition) is 0. The van der Waals surface area contributed by atoms with Crippen LogP contribution in [0.2, 0.25) is 0 Å². The third kappa shape index (κ3) is 5.56. The van der Waals surface area contributed by atoms with E-state index in [-0.39, 0.29) is 6.10 Å². The van der Waals surface area contributed by atoms with Gasteiger partial charge in [0, 0.05) is 37.9 Å². The number of amides is 1. The summed E-state index contributed by atoms with van der Waals surface area (Å²) in [7, 11) is 0. The Morgan fingerprint density at radius 3 is 2.48 bits per heavy atom. The summed E-state index contributed by atoms with van der Waals surface area (Å²) in [5, 5.41) is 0. The van der Waals surface area contributed by atoms with Gasteiger partial charge in [-0.3, -0.25) is 9.69 Å². The number of benzene rings is 1. The van der Waals surface area contributed by atoms with Crippen LogP contribution in [-0.4, -0.2) is 72.6 Å². The van der Waals surface area contributed by atoms with Crippen LogP contribution >= 0.6 is 11.8 Å². The van der Waals surface area contributed by atoms with Crippen molar-refractivity contribution < 1.29 is 9.53 Å². The van der Waals surface area contributed by atoms with Crippen molar-refractivity contribution in [3.63, 3.8) is 0 Å². The fourth-order valence-corrected chi connectivity index (χ4v) is 5.64. The van der Waals surface area contributed by atoms with Gasteiger partial charge >= 0.3 is 0 Å². The van der Waals surface area contributed by atoms with Crippen molar-refractivity contribution in [2.45, 2.75) is 57.1 Å². The van der Waals surface area contributed by atoms with E-state index < -0.39 is 0 Å². The minimum absolute atomic E-state index is 0.255. The summed E-state index contributed by atoms with van der Waals surface area (Å²) in [5.74, 6) is 1.87. The molecule has 5 heteroatoms. The standard InChI is InChI=1S/C24H36N2O2S/c1-29-14-10-24(27)26(18-23-7-4-13-28-23)17-19-8-11-25(12-9-19)22-15-20-5-2-3-6-21(20)16-22/h2-3,5-6,19,22-23H,4,7-18H2,1H3/t23-/m1/s1. The molecule has 0 aromatic heterocycles. The molecule has 2 saturated heterocycles. The van der Waals surface area contributed by atoms with Crippen LogP contribution in [0, 0.1) is 5.92 Å². The fraction of sp³-hybridized carbons (Fsp3) is 0.708. The number of thioether (sulfide) groups is 1. The van der Waals surface area contributed by atoms with Crippen LogP contribution < -0.4 is 0 Å². The number of carbonyl (C=O) groups excluding carboxylic acids is 1. The molecule has 29 heavy (non-hydrogen) atoms. The molecule has 4 nitrogen and oxygen atoms in total. The Morgan fingerprint density at radius 1 is 1.14 bits per heavy atom. The first kappa shape index (κ1) is 21.2. The first-order chi connectivity index (χ1) is 14.2. The van der Waals surface area contributed by atoms with E-state index in [0.717, 1.165) is 38.3 Å². The zero-order valence-corrected chi connectivity index (χ0v) is 18.7. The van der Waals surface area contributed by atoms with Gasteiger partial charge in [0.05, 0.1) is 6.10 Å². The summed E-state index contributed by atoms with van der Waals surface area (Å²) in [6.07, 6.45) is 10.1. The molecular weight excluding hydrogens is 380 g/mol. The van der Waals surface area contributed by atoms with Gasteiger partial charge in [-0.15, -0.1) is 0 Å². The highest BCUT2D eigenvalue weighted by molar-refractivity contribution is 7.98. The second-order valence-corrected chi connectivity index (χ2v) is 9.97. The highest BCUT2D eigenvalue weighted by Gasteiger charge is 2.31. The predicted molar refractivity (Wildman–Crippen MR) is 120 cm³/mol. The largest absolute Gasteiger partial charge is 0.376 e. The van der Waals surface area contributed by atoms with Crippen molar-refractivity contribution in [2.24, 2.45) is 5.92 Å². The summed E-state index contributed by atoms with van der Waals surface area (Å²) in [4.78, 5) is 17.7. The third-order valence-corrected chi connectivity index (χ3v) is 7.61. The molecular formula is C24H36N2O2S. The lowest BCUT2D eigenvalue weighted by atomic mass is 9.94. The first-order valence-electron chi connectivity index (χ1n) is 11.4. The summed E-state index contributed by atoms with van der Waals surface area (Å²) < 4.78 is 5.84. The Morgan fingerprint density at radius 2 is 1.86 bits per heavy atom. The number of likely N-dealkylation sites (tertiary alicyclic amines) is 1. The van der Waals surface area contributed by atoms with Crippen LogP contribution in [0.1, 0.15) is 43.2 Å². The van der Waals surface area contributed by atoms with Gasteiger partial charge in [0.25, 0.3) is 0 Å². The Labute approximate surface area is 180 Å². The Balaban J connectivity index is 1.27. The first-order valence-corrected chi connectivity index (χ1v) is 12.8. The molecule has 0 radical (unpaired) electrons. The molecule has 1 aromatic carbocycles. The van der Waals surface area contributed by atoms with E-state index in [0.29, 0.717) is 24.3 Å². The molecule has 4 rings (SSSR count). The summed E-state index contributed by atoms with van der Waals surface area (Å²) >= 11 is 1.76. The van der Waals surface area contributed by atoms with Crippen LogP contribution in [0.15, 0.2) is 24.3 Å². The summed E-state index contributed by atoms with van der Waals surface area (Å²) in [6.45, 7) is 4.93. The van der Waals surface area contributed by atoms with Gasteiger partial charge in [0.15, 0.2) is 0 Å². The Kier molecular flexibility index (Phi) is 7.54. The van der Waals surface area contributed by atoms with Gasteiger partial charge in [-0.1, -0.05) is 24.3 Å². The number of carbonyl (C=O) groups is 1. The van der Waals surface area contributed by atoms with E-state index in [9.17, 15) is 4.79 Å². The lowest BCUT2D eigenvalue weighted by Crippen LogP contribution is -2.46. The second-order valence-electron chi connectivity index (χ2n) is 8.99. The van der Waals surface area contributed by atoms with Crippen molar-refractivity contribution in [1.29, 1.82) is 0 Å². The predicted octanol–water partition coefficient (Wildman–Crippen LogP) is 3.63. The van der Waals surface area contributed by atoms with E-state index in [1.807, 2.05) is 0 Å². The van der Waals surface area contributed by atoms with Crippen LogP contribution in [-0.2, 0) is 22.4 Å². The van der Waals surface area contributed by atoms with Crippen LogP contribution in [0.4, 0.5) is 0 Å². The molecule has 1 atom stereocenters. The highest BCUT2D eigenvalue weighted by Crippen LogP contribution is 2.29. The van der Waals surface area contributed by atoms with Gasteiger partial charge in [-0.05, 0) is 74.9 Å². The third-order valence-electron chi connectivity index (χ3n) is 6.99. The van der Waals surface area contributed by atoms with Gasteiger partial charge in [-0.2, -0.15) is 11.8 Å². The molecule has 1 aromatic rings. The normalized spacial score (nSPS) is 23.4. The van der Waals surface area contributed by atoms with E-state index in [4.69, 9.17) is 4.74 Å². The lowest BCUT2D eigenvalue weighted by Gasteiger charge is -2.38. The average Bonchev–Trinajstić information content (AvgIpc) is 3.41. The highest BCUT2D eigenvalue weighted by atomic mass is 32.2. The maximum atomic E-state index is 12.8. The SMILES string of the molecule is CSCCC(=O)N(CC1CCN(C2Cc3ccccc3C2)CC1)C[C@H]1CCCO1. The number of rotatable bonds is 8. The number of fused-ring (bicyclic) bond motifs is 1. The summed E-state index contributed by atoms with van der Waals surface area (Å²) in [6, 6.07) is 9.62. The molecule has 1 amide bonds. The monoisotopic (exact) mass is 416 g/mol. The topological polar surface area (TPSA) is 32.8 Å². The van der Waals surface area contributed by atoms with Crippen LogP contribution in [0.3, 0.4) is 0 Å². The number of ether oxygens (including phenoxy) is 1. The molecule has 0 N–H and O–H groups in total. The van der Waals surface area contributed by atoms with Crippen molar-refractivity contribution in [2.75, 3.05) is 44.8 Å². The van der Waals surface area contributed by atoms with E-state index >= 15 is 0 Å². The molecule has 2 aliphatic heterocycles. The Hall–Kier alpha value is -1.04. The van der Waals surface area contributed by atoms with Crippen molar-refractivity contribution >= 4 is 17.7 Å². The second kappa shape index (κ2) is 10.3. The van der Waals surface area contributed by atoms with Crippen molar-refractivity contribution in [3.05, 3.63) is 35.4 Å². The average molecular weight is 417 g/mol. The molecule has 160 valence electrons. The molecule has 1 aliphatic carbocycles. The number of hydrogen-bond acceptors (Lipinski definition) is 4. The molecule has 0 saturated carbocycles. The maximum Gasteiger partial charge on any atom is 0.223 e. The fourth-order valence-electron chi connectivity index (χ4n) is 5.27. The maximum absolute atomic E-state index is 12.8. The zero-order valence-electron chi connectivity index (χ0n) is 17.9. The lowest BCUT2D eigenvalue weighted by molar-refractivity contribution is -0.133. The van der Waals surface area contributed by atoms with Gasteiger partial charge < -0.3 is 9.64 Å². The quantitative estimate of drug-likeness (QED) is 0.648. The van der Waals surface area contributed by atoms with Gasteiger partial charge in [0.1, 0.15) is 0 Å². The molecule has 2 heterocycles. The van der Waals surface area contributed by atoms with Gasteiger partial charge in [0.2, 0.25) is 5.91 Å². The van der Waals surface area contributed by atoms with Crippen molar-refractivity contribution in [3.8, 4) is 0 Å². The molecule has 0 unspecified atom stereocenters. The van der Waals surface area contributed by atoms with E-state index in [1.54, 1.807) is 22.9 Å². The smallest absolute Gasteiger partial charge is 0.223 e. The van der Waals surface area contributed by atoms with E-state index in [2.05, 4.69) is 40.3 Å². The molecule has 0 spiro atoms. The minimum atomic E-state index is 0.255. The Bertz CT molecular complexity index is 644. The summed E-state index contributed by atoms with van der Waals surface area (Å²) in [5.41, 5.74) is 3.09. The van der Waals surface area contributed by atoms with Crippen LogP contribution in [0.25, 0.3) is 0 Å². The molecule has 0 bridgehead atoms.